The summed E-state index contributed by atoms with van der Waals surface area (Å²) in [5.74, 6) is 0.00623. The van der Waals surface area contributed by atoms with Crippen molar-refractivity contribution in [3.8, 4) is 79.2 Å². The summed E-state index contributed by atoms with van der Waals surface area (Å²) < 4.78 is 99.2. The molecule has 0 unspecified atom stereocenters. The van der Waals surface area contributed by atoms with Crippen LogP contribution in [-0.2, 0) is 18.8 Å². The zero-order valence-corrected chi connectivity index (χ0v) is 32.4. The number of fused-ring (bicyclic) bond motifs is 2. The number of aromatic hydroxyl groups is 2. The maximum Gasteiger partial charge on any atom is 0.416 e. The number of halogens is 6. The minimum Gasteiger partial charge on any atom is -0.508 e. The summed E-state index contributed by atoms with van der Waals surface area (Å²) in [5.41, 5.74) is 1.65. The number of hydrogen-bond donors (Lipinski definition) is 4. The van der Waals surface area contributed by atoms with E-state index in [2.05, 4.69) is 15.0 Å². The van der Waals surface area contributed by atoms with Gasteiger partial charge in [-0.05, 0) is 96.1 Å². The van der Waals surface area contributed by atoms with Crippen LogP contribution >= 0.6 is 0 Å². The lowest BCUT2D eigenvalue weighted by molar-refractivity contribution is -0.138. The Bertz CT molecular complexity index is 3340. The van der Waals surface area contributed by atoms with E-state index in [0.29, 0.717) is 44.9 Å². The second-order valence-electron chi connectivity index (χ2n) is 14.9. The van der Waals surface area contributed by atoms with E-state index < -0.39 is 23.5 Å². The number of para-hydroxylation sites is 2. The van der Waals surface area contributed by atoms with Crippen LogP contribution in [0.2, 0.25) is 0 Å². The first-order valence-electron chi connectivity index (χ1n) is 19.4. The molecule has 0 radical (unpaired) electrons. The van der Waals surface area contributed by atoms with Crippen molar-refractivity contribution >= 4 is 21.8 Å². The van der Waals surface area contributed by atoms with Crippen LogP contribution < -0.4 is 0 Å². The number of aromatic amines is 2. The summed E-state index contributed by atoms with van der Waals surface area (Å²) in [7, 11) is 0. The molecule has 0 saturated heterocycles. The first-order valence-corrected chi connectivity index (χ1v) is 19.4. The third-order valence-corrected chi connectivity index (χ3v) is 10.8. The summed E-state index contributed by atoms with van der Waals surface area (Å²) in [6.45, 7) is 0. The quantitative estimate of drug-likeness (QED) is 0.113. The van der Waals surface area contributed by atoms with Crippen LogP contribution in [0.25, 0.3) is 89.5 Å². The largest absolute Gasteiger partial charge is 0.508 e. The van der Waals surface area contributed by atoms with Crippen molar-refractivity contribution in [1.82, 2.24) is 19.9 Å². The van der Waals surface area contributed by atoms with E-state index in [4.69, 9.17) is 13.8 Å². The molecule has 0 bridgehead atoms. The van der Waals surface area contributed by atoms with Gasteiger partial charge >= 0.3 is 12.4 Å². The van der Waals surface area contributed by atoms with Crippen molar-refractivity contribution in [3.05, 3.63) is 168 Å². The minimum atomic E-state index is -4.91. The number of nitrogens with zero attached hydrogens (tertiary/aromatic N) is 2. The number of rotatable bonds is 8. The topological polar surface area (TPSA) is 124 Å². The summed E-state index contributed by atoms with van der Waals surface area (Å²) in [4.78, 5) is 15.8. The van der Waals surface area contributed by atoms with Crippen LogP contribution in [0.4, 0.5) is 26.3 Å². The molecular weight excluding hydrogens is 823 g/mol. The van der Waals surface area contributed by atoms with Gasteiger partial charge in [-0.15, -0.1) is 0 Å². The Morgan fingerprint density at radius 1 is 0.508 bits per heavy atom. The third-order valence-electron chi connectivity index (χ3n) is 10.8. The molecule has 0 saturated carbocycles. The highest BCUT2D eigenvalue weighted by atomic mass is 19.4. The minimum absolute atomic E-state index is 0.0163. The fraction of sp³-hybridized carbons (Fsp3) is 0.0612. The lowest BCUT2D eigenvalue weighted by Gasteiger charge is -2.14. The monoisotopic (exact) mass is 852 g/mol. The number of H-pyrrole nitrogens is 2. The number of nitrogens with one attached hydrogen (secondary N) is 2. The molecule has 63 heavy (non-hydrogen) atoms. The lowest BCUT2D eigenvalue weighted by atomic mass is 9.94. The molecule has 0 aliphatic heterocycles. The van der Waals surface area contributed by atoms with Crippen LogP contribution in [0.3, 0.4) is 0 Å². The number of phenols is 2. The number of benzene rings is 6. The Morgan fingerprint density at radius 2 is 1.13 bits per heavy atom. The summed E-state index contributed by atoms with van der Waals surface area (Å²) >= 11 is 0. The molecule has 0 spiro atoms. The van der Waals surface area contributed by atoms with Crippen molar-refractivity contribution in [2.45, 2.75) is 18.8 Å². The van der Waals surface area contributed by atoms with E-state index in [1.807, 2.05) is 30.5 Å². The summed E-state index contributed by atoms with van der Waals surface area (Å²) in [6, 6.07) is 32.8. The molecule has 0 atom stereocenters. The third kappa shape index (κ3) is 7.34. The molecule has 10 aromatic rings. The SMILES string of the molecule is Oc1ccc(-c2oc(Cc3c[nH]c4ccccc34)nc2-c2ccc(O)c(-c3cc(-c4oc(-c5c[nH]c6ccccc56)nc4-c4cccc(C(F)(F)F)c4)cc(C(F)(F)F)c3)c2)cc1. The molecule has 4 N–H and O–H groups in total. The van der Waals surface area contributed by atoms with Gasteiger partial charge < -0.3 is 29.0 Å². The predicted octanol–water partition coefficient (Wildman–Crippen LogP) is 13.7. The predicted molar refractivity (Wildman–Crippen MR) is 225 cm³/mol. The first kappa shape index (κ1) is 39.2. The Balaban J connectivity index is 1.14. The number of oxazole rings is 2. The van der Waals surface area contributed by atoms with E-state index in [1.165, 1.54) is 42.5 Å². The van der Waals surface area contributed by atoms with Crippen LogP contribution in [0, 0.1) is 0 Å². The molecule has 4 aromatic heterocycles. The van der Waals surface area contributed by atoms with Crippen molar-refractivity contribution in [1.29, 1.82) is 0 Å². The summed E-state index contributed by atoms with van der Waals surface area (Å²) in [6.07, 6.45) is -5.91. The zero-order chi connectivity index (χ0) is 43.6. The Kier molecular flexibility index (Phi) is 9.24. The lowest BCUT2D eigenvalue weighted by Crippen LogP contribution is -2.06. The van der Waals surface area contributed by atoms with Crippen LogP contribution in [-0.4, -0.2) is 30.1 Å². The number of phenolic OH excluding ortho intramolecular Hbond substituents is 2. The molecule has 312 valence electrons. The van der Waals surface area contributed by atoms with Gasteiger partial charge in [0.2, 0.25) is 5.89 Å². The molecule has 0 fully saturated rings. The maximum absolute atomic E-state index is 14.9. The molecular formula is C49H30F6N4O4. The van der Waals surface area contributed by atoms with Gasteiger partial charge in [-0.1, -0.05) is 48.5 Å². The van der Waals surface area contributed by atoms with E-state index in [-0.39, 0.29) is 57.5 Å². The van der Waals surface area contributed by atoms with Gasteiger partial charge in [0, 0.05) is 62.0 Å². The fourth-order valence-electron chi connectivity index (χ4n) is 7.80. The highest BCUT2D eigenvalue weighted by molar-refractivity contribution is 5.95. The molecule has 10 rings (SSSR count). The van der Waals surface area contributed by atoms with E-state index >= 15 is 0 Å². The normalized spacial score (nSPS) is 12.2. The van der Waals surface area contributed by atoms with Crippen molar-refractivity contribution in [2.75, 3.05) is 0 Å². The smallest absolute Gasteiger partial charge is 0.416 e. The number of aromatic nitrogens is 4. The van der Waals surface area contributed by atoms with Crippen LogP contribution in [0.1, 0.15) is 22.6 Å². The molecule has 4 heterocycles. The fourth-order valence-corrected chi connectivity index (χ4v) is 7.80. The average molecular weight is 853 g/mol. The molecule has 14 heteroatoms. The van der Waals surface area contributed by atoms with E-state index in [9.17, 15) is 36.6 Å². The Labute approximate surface area is 352 Å². The van der Waals surface area contributed by atoms with Gasteiger partial charge in [0.05, 0.1) is 23.1 Å². The van der Waals surface area contributed by atoms with Crippen LogP contribution in [0.5, 0.6) is 11.5 Å². The standard InChI is InChI=1S/C49H30F6N4O4/c50-48(51,52)32-7-5-6-27(19-32)44-46(63-47(59-44)38-25-57-40-11-4-2-9-36(38)40)30-18-29(20-33(21-30)49(53,54)55)37-22-28(14-17-41(37)61)43-45(26-12-15-34(60)16-13-26)62-42(58-43)23-31-24-56-39-10-3-1-8-35(31)39/h1-22,24-25,56-57,60-61H,23H2. The molecule has 0 aliphatic carbocycles. The maximum atomic E-state index is 14.9. The molecule has 6 aromatic carbocycles. The summed E-state index contributed by atoms with van der Waals surface area (Å²) in [5, 5.41) is 23.0. The first-order chi connectivity index (χ1) is 30.3. The second-order valence-corrected chi connectivity index (χ2v) is 14.9. The Hall–Kier alpha value is -8.00. The highest BCUT2D eigenvalue weighted by Gasteiger charge is 2.34. The van der Waals surface area contributed by atoms with Gasteiger partial charge in [0.1, 0.15) is 22.9 Å². The van der Waals surface area contributed by atoms with Crippen LogP contribution in [0.15, 0.2) is 155 Å². The van der Waals surface area contributed by atoms with E-state index in [0.717, 1.165) is 40.7 Å². The Morgan fingerprint density at radius 3 is 1.89 bits per heavy atom. The second kappa shape index (κ2) is 14.9. The van der Waals surface area contributed by atoms with Crippen molar-refractivity contribution < 1.29 is 45.4 Å². The van der Waals surface area contributed by atoms with E-state index in [1.54, 1.807) is 48.7 Å². The molecule has 0 amide bonds. The van der Waals surface area contributed by atoms with Crippen molar-refractivity contribution in [3.63, 3.8) is 0 Å². The highest BCUT2D eigenvalue weighted by Crippen LogP contribution is 2.45. The average Bonchev–Trinajstić information content (AvgIpc) is 4.09. The number of alkyl halides is 6. The van der Waals surface area contributed by atoms with Gasteiger partial charge in [0.15, 0.2) is 17.4 Å². The van der Waals surface area contributed by atoms with Crippen molar-refractivity contribution in [2.24, 2.45) is 0 Å². The molecule has 8 nitrogen and oxygen atoms in total. The zero-order valence-electron chi connectivity index (χ0n) is 32.4. The van der Waals surface area contributed by atoms with Gasteiger partial charge in [-0.3, -0.25) is 0 Å². The number of hydrogen-bond acceptors (Lipinski definition) is 6. The van der Waals surface area contributed by atoms with Gasteiger partial charge in [-0.25, -0.2) is 9.97 Å². The van der Waals surface area contributed by atoms with Gasteiger partial charge in [-0.2, -0.15) is 26.3 Å². The molecule has 0 aliphatic rings. The van der Waals surface area contributed by atoms with Gasteiger partial charge in [0.25, 0.3) is 0 Å².